The van der Waals surface area contributed by atoms with E-state index in [-0.39, 0.29) is 5.91 Å². The molecule has 0 aliphatic heterocycles. The molecule has 0 spiro atoms. The molecule has 33 heavy (non-hydrogen) atoms. The number of anilines is 3. The minimum Gasteiger partial charge on any atom is -0.455 e. The first kappa shape index (κ1) is 24.2. The van der Waals surface area contributed by atoms with Gasteiger partial charge in [0.25, 0.3) is 5.91 Å². The number of hydrogen-bond acceptors (Lipinski definition) is 5. The highest BCUT2D eigenvalue weighted by atomic mass is 35.5. The maximum Gasteiger partial charge on any atom is 0.412 e. The number of rotatable bonds is 5. The lowest BCUT2D eigenvalue weighted by Gasteiger charge is -2.19. The number of nitrogens with two attached hydrogens (primary N) is 1. The van der Waals surface area contributed by atoms with Gasteiger partial charge >= 0.3 is 6.09 Å². The van der Waals surface area contributed by atoms with E-state index >= 15 is 0 Å². The number of nitrogens with one attached hydrogen (secondary N) is 2. The molecule has 0 aliphatic carbocycles. The fraction of sp³-hybridized carbons (Fsp3) is 0.167. The standard InChI is InChI=1S/C24H23Cl2N3O4/c1-24(2,3)33-23(31)29-17-4-7-19(8-5-17)32-21-9-6-18(13-20(21)27)28-22(30)14-10-15(25)12-16(26)11-14/h4-13H,27H2,1-3H3,(H,28,30)(H,29,31). The molecule has 0 aliphatic rings. The predicted molar refractivity (Wildman–Crippen MR) is 132 cm³/mol. The SMILES string of the molecule is CC(C)(C)OC(=O)Nc1ccc(Oc2ccc(NC(=O)c3cc(Cl)cc(Cl)c3)cc2N)cc1. The Morgan fingerprint density at radius 1 is 0.848 bits per heavy atom. The topological polar surface area (TPSA) is 103 Å². The summed E-state index contributed by atoms with van der Waals surface area (Å²) in [5.74, 6) is 0.550. The summed E-state index contributed by atoms with van der Waals surface area (Å²) < 4.78 is 11.0. The van der Waals surface area contributed by atoms with Crippen LogP contribution < -0.4 is 21.1 Å². The normalized spacial score (nSPS) is 10.9. The van der Waals surface area contributed by atoms with Gasteiger partial charge in [0.2, 0.25) is 0 Å². The minimum absolute atomic E-state index is 0.325. The van der Waals surface area contributed by atoms with Gasteiger partial charge in [0.15, 0.2) is 0 Å². The lowest BCUT2D eigenvalue weighted by molar-refractivity contribution is 0.0635. The lowest BCUT2D eigenvalue weighted by Crippen LogP contribution is -2.27. The molecule has 9 heteroatoms. The monoisotopic (exact) mass is 487 g/mol. The average Bonchev–Trinajstić information content (AvgIpc) is 2.69. The van der Waals surface area contributed by atoms with Gasteiger partial charge in [-0.25, -0.2) is 4.79 Å². The van der Waals surface area contributed by atoms with Crippen LogP contribution in [-0.2, 0) is 4.74 Å². The molecule has 0 bridgehead atoms. The smallest absolute Gasteiger partial charge is 0.412 e. The summed E-state index contributed by atoms with van der Waals surface area (Å²) in [6.45, 7) is 5.37. The van der Waals surface area contributed by atoms with Crippen molar-refractivity contribution in [3.8, 4) is 11.5 Å². The Balaban J connectivity index is 1.63. The highest BCUT2D eigenvalue weighted by molar-refractivity contribution is 6.35. The Morgan fingerprint density at radius 3 is 2.03 bits per heavy atom. The second-order valence-electron chi connectivity index (χ2n) is 8.12. The molecule has 7 nitrogen and oxygen atoms in total. The van der Waals surface area contributed by atoms with Crippen LogP contribution in [0.3, 0.4) is 0 Å². The fourth-order valence-electron chi connectivity index (χ4n) is 2.76. The van der Waals surface area contributed by atoms with Crippen molar-refractivity contribution in [3.63, 3.8) is 0 Å². The summed E-state index contributed by atoms with van der Waals surface area (Å²) in [4.78, 5) is 24.3. The van der Waals surface area contributed by atoms with Gasteiger partial charge in [-0.2, -0.15) is 0 Å². The number of nitrogen functional groups attached to an aromatic ring is 1. The van der Waals surface area contributed by atoms with Crippen molar-refractivity contribution in [2.75, 3.05) is 16.4 Å². The van der Waals surface area contributed by atoms with Gasteiger partial charge in [0, 0.05) is 27.0 Å². The van der Waals surface area contributed by atoms with Gasteiger partial charge in [-0.15, -0.1) is 0 Å². The quantitative estimate of drug-likeness (QED) is 0.337. The molecule has 0 fully saturated rings. The highest BCUT2D eigenvalue weighted by Crippen LogP contribution is 2.31. The third-order valence-corrected chi connectivity index (χ3v) is 4.56. The third-order valence-electron chi connectivity index (χ3n) is 4.12. The summed E-state index contributed by atoms with van der Waals surface area (Å²) >= 11 is 11.9. The number of hydrogen-bond donors (Lipinski definition) is 3. The molecular formula is C24H23Cl2N3O4. The highest BCUT2D eigenvalue weighted by Gasteiger charge is 2.16. The van der Waals surface area contributed by atoms with Crippen molar-refractivity contribution in [2.45, 2.75) is 26.4 Å². The first-order valence-corrected chi connectivity index (χ1v) is 10.7. The molecular weight excluding hydrogens is 465 g/mol. The zero-order chi connectivity index (χ0) is 24.2. The van der Waals surface area contributed by atoms with Gasteiger partial charge < -0.3 is 20.5 Å². The number of ether oxygens (including phenoxy) is 2. The summed E-state index contributed by atoms with van der Waals surface area (Å²) in [6.07, 6.45) is -0.543. The van der Waals surface area contributed by atoms with Crippen LogP contribution in [0.4, 0.5) is 21.9 Å². The van der Waals surface area contributed by atoms with Gasteiger partial charge in [0.1, 0.15) is 17.1 Å². The van der Waals surface area contributed by atoms with E-state index in [1.54, 1.807) is 69.3 Å². The van der Waals surface area contributed by atoms with E-state index in [4.69, 9.17) is 38.4 Å². The van der Waals surface area contributed by atoms with E-state index in [2.05, 4.69) is 10.6 Å². The van der Waals surface area contributed by atoms with Crippen LogP contribution in [0.25, 0.3) is 0 Å². The maximum atomic E-state index is 12.5. The Labute approximate surface area is 201 Å². The fourth-order valence-corrected chi connectivity index (χ4v) is 3.29. The molecule has 0 aromatic heterocycles. The van der Waals surface area contributed by atoms with E-state index in [0.717, 1.165) is 0 Å². The Hall–Kier alpha value is -3.42. The third kappa shape index (κ3) is 7.30. The number of amides is 2. The van der Waals surface area contributed by atoms with Crippen molar-refractivity contribution >= 4 is 52.3 Å². The molecule has 172 valence electrons. The van der Waals surface area contributed by atoms with Gasteiger partial charge in [0.05, 0.1) is 5.69 Å². The van der Waals surface area contributed by atoms with E-state index in [1.165, 1.54) is 12.1 Å². The van der Waals surface area contributed by atoms with Crippen molar-refractivity contribution in [1.29, 1.82) is 0 Å². The molecule has 0 unspecified atom stereocenters. The van der Waals surface area contributed by atoms with E-state index in [1.807, 2.05) is 0 Å². The van der Waals surface area contributed by atoms with Crippen molar-refractivity contribution in [2.24, 2.45) is 0 Å². The van der Waals surface area contributed by atoms with E-state index in [9.17, 15) is 9.59 Å². The molecule has 0 saturated heterocycles. The summed E-state index contributed by atoms with van der Waals surface area (Å²) in [6, 6.07) is 16.2. The molecule has 3 aromatic rings. The molecule has 0 heterocycles. The van der Waals surface area contributed by atoms with Crippen LogP contribution in [0.2, 0.25) is 10.0 Å². The summed E-state index contributed by atoms with van der Waals surface area (Å²) in [5.41, 5.74) is 7.20. The van der Waals surface area contributed by atoms with E-state index in [0.29, 0.717) is 44.2 Å². The number of benzene rings is 3. The van der Waals surface area contributed by atoms with Crippen LogP contribution >= 0.6 is 23.2 Å². The van der Waals surface area contributed by atoms with Gasteiger partial charge in [-0.1, -0.05) is 23.2 Å². The van der Waals surface area contributed by atoms with Crippen LogP contribution in [-0.4, -0.2) is 17.6 Å². The maximum absolute atomic E-state index is 12.5. The molecule has 4 N–H and O–H groups in total. The van der Waals surface area contributed by atoms with Crippen LogP contribution in [0.15, 0.2) is 60.7 Å². The largest absolute Gasteiger partial charge is 0.455 e. The van der Waals surface area contributed by atoms with Crippen molar-refractivity contribution in [3.05, 3.63) is 76.3 Å². The number of carbonyl (C=O) groups excluding carboxylic acids is 2. The van der Waals surface area contributed by atoms with Gasteiger partial charge in [-0.3, -0.25) is 10.1 Å². The zero-order valence-electron chi connectivity index (χ0n) is 18.2. The molecule has 0 saturated carbocycles. The Morgan fingerprint density at radius 2 is 1.45 bits per heavy atom. The van der Waals surface area contributed by atoms with E-state index < -0.39 is 11.7 Å². The first-order chi connectivity index (χ1) is 15.5. The molecule has 3 aromatic carbocycles. The predicted octanol–water partition coefficient (Wildman–Crippen LogP) is 6.97. The first-order valence-electron chi connectivity index (χ1n) is 9.93. The minimum atomic E-state index is -0.586. The summed E-state index contributed by atoms with van der Waals surface area (Å²) in [7, 11) is 0. The summed E-state index contributed by atoms with van der Waals surface area (Å²) in [5, 5.41) is 6.12. The lowest BCUT2D eigenvalue weighted by atomic mass is 10.2. The van der Waals surface area contributed by atoms with Crippen LogP contribution in [0, 0.1) is 0 Å². The second kappa shape index (κ2) is 10.0. The Kier molecular flexibility index (Phi) is 7.36. The molecule has 0 atom stereocenters. The average molecular weight is 488 g/mol. The Bertz CT molecular complexity index is 1160. The second-order valence-corrected chi connectivity index (χ2v) is 8.99. The van der Waals surface area contributed by atoms with Crippen molar-refractivity contribution < 1.29 is 19.1 Å². The molecule has 2 amide bonds. The number of carbonyl (C=O) groups is 2. The van der Waals surface area contributed by atoms with Crippen LogP contribution in [0.1, 0.15) is 31.1 Å². The molecule has 3 rings (SSSR count). The zero-order valence-corrected chi connectivity index (χ0v) is 19.8. The number of halogens is 2. The van der Waals surface area contributed by atoms with Crippen LogP contribution in [0.5, 0.6) is 11.5 Å². The van der Waals surface area contributed by atoms with Gasteiger partial charge in [-0.05, 0) is 81.4 Å². The molecule has 0 radical (unpaired) electrons. The van der Waals surface area contributed by atoms with Crippen molar-refractivity contribution in [1.82, 2.24) is 0 Å².